The van der Waals surface area contributed by atoms with Crippen LogP contribution < -0.4 is 16.0 Å². The summed E-state index contributed by atoms with van der Waals surface area (Å²) in [4.78, 5) is 26.5. The number of carbonyl (C=O) groups excluding carboxylic acids is 2. The van der Waals surface area contributed by atoms with Crippen molar-refractivity contribution < 1.29 is 19.5 Å². The van der Waals surface area contributed by atoms with Crippen LogP contribution >= 0.6 is 0 Å². The van der Waals surface area contributed by atoms with E-state index in [-0.39, 0.29) is 5.78 Å². The summed E-state index contributed by atoms with van der Waals surface area (Å²) in [7, 11) is 0. The van der Waals surface area contributed by atoms with Crippen molar-refractivity contribution in [2.24, 2.45) is 0 Å². The molecular formula is C24H27N3O4. The molecule has 1 fully saturated rings. The Bertz CT molecular complexity index is 992. The minimum Gasteiger partial charge on any atom is -0.486 e. The smallest absolute Gasteiger partial charge is 0.267 e. The zero-order chi connectivity index (χ0) is 21.8. The first-order valence-electron chi connectivity index (χ1n) is 10.5. The highest BCUT2D eigenvalue weighted by atomic mass is 16.5. The van der Waals surface area contributed by atoms with Crippen LogP contribution in [0.5, 0.6) is 5.75 Å². The van der Waals surface area contributed by atoms with Crippen LogP contribution in [-0.2, 0) is 11.2 Å². The van der Waals surface area contributed by atoms with Gasteiger partial charge in [0.2, 0.25) is 0 Å². The summed E-state index contributed by atoms with van der Waals surface area (Å²) in [6.45, 7) is 2.77. The third-order valence-corrected chi connectivity index (χ3v) is 6.11. The Kier molecular flexibility index (Phi) is 6.06. The number of fused-ring (bicyclic) bond motifs is 1. The minimum absolute atomic E-state index is 0.0680. The number of nitrogens with zero attached hydrogens (tertiary/aromatic N) is 1. The third kappa shape index (κ3) is 4.95. The van der Waals surface area contributed by atoms with Crippen LogP contribution in [0.4, 0.5) is 5.69 Å². The third-order valence-electron chi connectivity index (χ3n) is 6.11. The molecule has 1 spiro atoms. The summed E-state index contributed by atoms with van der Waals surface area (Å²) < 4.78 is 6.35. The van der Waals surface area contributed by atoms with E-state index in [2.05, 4.69) is 17.0 Å². The summed E-state index contributed by atoms with van der Waals surface area (Å²) in [5.74, 6) is 0.0520. The Labute approximate surface area is 181 Å². The molecule has 0 aliphatic carbocycles. The lowest BCUT2D eigenvalue weighted by Gasteiger charge is -2.44. The van der Waals surface area contributed by atoms with Gasteiger partial charge in [-0.2, -0.15) is 0 Å². The van der Waals surface area contributed by atoms with E-state index in [0.717, 1.165) is 44.6 Å². The molecule has 1 amide bonds. The maximum Gasteiger partial charge on any atom is 0.267 e. The van der Waals surface area contributed by atoms with Crippen molar-refractivity contribution in [1.82, 2.24) is 10.4 Å². The molecule has 7 nitrogen and oxygen atoms in total. The first-order valence-corrected chi connectivity index (χ1v) is 10.5. The summed E-state index contributed by atoms with van der Waals surface area (Å²) in [6, 6.07) is 13.3. The maximum absolute atomic E-state index is 12.9. The fourth-order valence-corrected chi connectivity index (χ4v) is 4.26. The number of amides is 1. The van der Waals surface area contributed by atoms with Crippen LogP contribution in [0.1, 0.15) is 40.7 Å². The predicted molar refractivity (Wildman–Crippen MR) is 118 cm³/mol. The molecular weight excluding hydrogens is 394 g/mol. The number of nitrogens with two attached hydrogens (primary N) is 1. The van der Waals surface area contributed by atoms with Gasteiger partial charge in [-0.25, -0.2) is 5.48 Å². The standard InChI is InChI=1S/C24H27N3O4/c25-19-5-1-17(2-6-19)9-12-27-13-10-24(11-14-27)16-21(28)20-15-18(3-7-22(20)31-24)4-8-23(29)26-30/h1-8,15,30H,9-14,16,25H2,(H,26,29). The predicted octanol–water partition coefficient (Wildman–Crippen LogP) is 2.83. The van der Waals surface area contributed by atoms with Gasteiger partial charge in [0.05, 0.1) is 12.0 Å². The summed E-state index contributed by atoms with van der Waals surface area (Å²) in [5, 5.41) is 8.58. The molecule has 2 aromatic carbocycles. The van der Waals surface area contributed by atoms with Gasteiger partial charge in [0, 0.05) is 44.2 Å². The first kappa shape index (κ1) is 21.1. The van der Waals surface area contributed by atoms with E-state index in [4.69, 9.17) is 15.7 Å². The molecule has 7 heteroatoms. The average Bonchev–Trinajstić information content (AvgIpc) is 2.78. The van der Waals surface area contributed by atoms with Crippen LogP contribution in [0, 0.1) is 0 Å². The summed E-state index contributed by atoms with van der Waals surface area (Å²) in [6.07, 6.45) is 5.73. The molecule has 4 N–H and O–H groups in total. The molecule has 0 unspecified atom stereocenters. The van der Waals surface area contributed by atoms with Gasteiger partial charge in [0.15, 0.2) is 5.78 Å². The number of nitrogen functional groups attached to an aromatic ring is 1. The average molecular weight is 421 g/mol. The number of hydrogen-bond donors (Lipinski definition) is 3. The van der Waals surface area contributed by atoms with E-state index in [9.17, 15) is 9.59 Å². The molecule has 2 heterocycles. The molecule has 162 valence electrons. The lowest BCUT2D eigenvalue weighted by atomic mass is 9.82. The van der Waals surface area contributed by atoms with Gasteiger partial charge in [-0.05, 0) is 47.9 Å². The highest BCUT2D eigenvalue weighted by molar-refractivity contribution is 6.01. The molecule has 1 saturated heterocycles. The number of piperidine rings is 1. The van der Waals surface area contributed by atoms with Gasteiger partial charge in [0.25, 0.3) is 5.91 Å². The SMILES string of the molecule is Nc1ccc(CCN2CCC3(CC2)CC(=O)c2cc(C=CC(=O)NO)ccc2O3)cc1. The quantitative estimate of drug-likeness (QED) is 0.297. The van der Waals surface area contributed by atoms with Crippen molar-refractivity contribution in [3.63, 3.8) is 0 Å². The highest BCUT2D eigenvalue weighted by Crippen LogP contribution is 2.39. The van der Waals surface area contributed by atoms with E-state index in [0.29, 0.717) is 23.3 Å². The van der Waals surface area contributed by atoms with Crippen molar-refractivity contribution in [2.45, 2.75) is 31.3 Å². The molecule has 0 atom stereocenters. The molecule has 0 radical (unpaired) electrons. The van der Waals surface area contributed by atoms with Gasteiger partial charge in [-0.15, -0.1) is 0 Å². The molecule has 2 aliphatic rings. The van der Waals surface area contributed by atoms with Crippen molar-refractivity contribution in [3.05, 3.63) is 65.2 Å². The normalized spacial score (nSPS) is 18.0. The number of benzene rings is 2. The number of ketones is 1. The van der Waals surface area contributed by atoms with Crippen LogP contribution in [0.3, 0.4) is 0 Å². The second-order valence-corrected chi connectivity index (χ2v) is 8.28. The zero-order valence-corrected chi connectivity index (χ0v) is 17.3. The monoisotopic (exact) mass is 421 g/mol. The fourth-order valence-electron chi connectivity index (χ4n) is 4.26. The van der Waals surface area contributed by atoms with E-state index in [1.807, 2.05) is 12.1 Å². The van der Waals surface area contributed by atoms with Gasteiger partial charge in [-0.3, -0.25) is 14.8 Å². The zero-order valence-electron chi connectivity index (χ0n) is 17.3. The number of rotatable bonds is 5. The van der Waals surface area contributed by atoms with Crippen LogP contribution in [0.25, 0.3) is 6.08 Å². The summed E-state index contributed by atoms with van der Waals surface area (Å²) in [5.41, 5.74) is 10.2. The summed E-state index contributed by atoms with van der Waals surface area (Å²) >= 11 is 0. The topological polar surface area (TPSA) is 105 Å². The molecule has 4 rings (SSSR count). The van der Waals surface area contributed by atoms with Crippen molar-refractivity contribution >= 4 is 23.5 Å². The highest BCUT2D eigenvalue weighted by Gasteiger charge is 2.42. The van der Waals surface area contributed by atoms with Gasteiger partial charge in [-0.1, -0.05) is 18.2 Å². The number of carbonyl (C=O) groups is 2. The van der Waals surface area contributed by atoms with E-state index < -0.39 is 11.5 Å². The lowest BCUT2D eigenvalue weighted by Crippen LogP contribution is -2.51. The molecule has 0 aromatic heterocycles. The number of likely N-dealkylation sites (tertiary alicyclic amines) is 1. The van der Waals surface area contributed by atoms with Crippen LogP contribution in [0.2, 0.25) is 0 Å². The number of anilines is 1. The number of Topliss-reactive ketones (excluding diaryl/α,β-unsaturated/α-hetero) is 1. The van der Waals surface area contributed by atoms with Crippen LogP contribution in [0.15, 0.2) is 48.5 Å². The van der Waals surface area contributed by atoms with Gasteiger partial charge < -0.3 is 15.4 Å². The van der Waals surface area contributed by atoms with E-state index in [1.165, 1.54) is 11.6 Å². The van der Waals surface area contributed by atoms with Crippen molar-refractivity contribution in [2.75, 3.05) is 25.4 Å². The molecule has 0 saturated carbocycles. The Hall–Kier alpha value is -3.16. The molecule has 2 aliphatic heterocycles. The second-order valence-electron chi connectivity index (χ2n) is 8.28. The number of hydroxylamine groups is 1. The van der Waals surface area contributed by atoms with Gasteiger partial charge >= 0.3 is 0 Å². The Balaban J connectivity index is 1.36. The number of ether oxygens (including phenoxy) is 1. The largest absolute Gasteiger partial charge is 0.486 e. The maximum atomic E-state index is 12.9. The minimum atomic E-state index is -0.623. The Morgan fingerprint density at radius 1 is 1.19 bits per heavy atom. The number of nitrogens with one attached hydrogen (secondary N) is 1. The van der Waals surface area contributed by atoms with E-state index in [1.54, 1.807) is 29.8 Å². The van der Waals surface area contributed by atoms with Crippen LogP contribution in [-0.4, -0.2) is 47.0 Å². The van der Waals surface area contributed by atoms with E-state index >= 15 is 0 Å². The Morgan fingerprint density at radius 2 is 1.94 bits per heavy atom. The van der Waals surface area contributed by atoms with Gasteiger partial charge in [0.1, 0.15) is 11.4 Å². The molecule has 2 aromatic rings. The number of hydrogen-bond acceptors (Lipinski definition) is 6. The second kappa shape index (κ2) is 8.91. The first-order chi connectivity index (χ1) is 15.0. The van der Waals surface area contributed by atoms with Crippen molar-refractivity contribution in [1.29, 1.82) is 0 Å². The van der Waals surface area contributed by atoms with Crippen molar-refractivity contribution in [3.8, 4) is 5.75 Å². The Morgan fingerprint density at radius 3 is 2.65 bits per heavy atom. The molecule has 31 heavy (non-hydrogen) atoms. The lowest BCUT2D eigenvalue weighted by molar-refractivity contribution is -0.124. The fraction of sp³-hybridized carbons (Fsp3) is 0.333. The molecule has 0 bridgehead atoms.